The number of ether oxygens (including phenoxy) is 1. The Hall–Kier alpha value is -4.11. The molecule has 3 rings (SSSR count). The average molecular weight is 595 g/mol. The topological polar surface area (TPSA) is 143 Å². The minimum atomic E-state index is -1.26. The van der Waals surface area contributed by atoms with E-state index in [9.17, 15) is 14.4 Å². The van der Waals surface area contributed by atoms with E-state index in [4.69, 9.17) is 25.1 Å². The predicted molar refractivity (Wildman–Crippen MR) is 170 cm³/mol. The molecular formula is C34H46N2O7. The van der Waals surface area contributed by atoms with Crippen molar-refractivity contribution in [2.45, 2.75) is 72.1 Å². The summed E-state index contributed by atoms with van der Waals surface area (Å²) in [5, 5.41) is 16.4. The van der Waals surface area contributed by atoms with Crippen LogP contribution < -0.4 is 10.5 Å². The first kappa shape index (κ1) is 35.1. The maximum absolute atomic E-state index is 13.5. The van der Waals surface area contributed by atoms with Crippen LogP contribution in [0.5, 0.6) is 5.75 Å². The number of fused-ring (bicyclic) bond motifs is 1. The molecule has 0 aliphatic rings. The lowest BCUT2D eigenvalue weighted by molar-refractivity contribution is -0.134. The highest BCUT2D eigenvalue weighted by molar-refractivity contribution is 6.17. The monoisotopic (exact) mass is 594 g/mol. The van der Waals surface area contributed by atoms with Crippen molar-refractivity contribution in [3.05, 3.63) is 71.5 Å². The SMILES string of the molecule is CCCCc1oc2ccc(N)cc2c1C(=O)c1ccc(OCCCN(CCCC)CCCC)cc1.O=C(O)/C=C\C(=O)O. The third kappa shape index (κ3) is 12.3. The van der Waals surface area contributed by atoms with Crippen LogP contribution in [-0.4, -0.2) is 59.1 Å². The molecule has 43 heavy (non-hydrogen) atoms. The zero-order valence-electron chi connectivity index (χ0n) is 25.6. The lowest BCUT2D eigenvalue weighted by Crippen LogP contribution is -2.28. The van der Waals surface area contributed by atoms with E-state index >= 15 is 0 Å². The molecule has 0 atom stereocenters. The van der Waals surface area contributed by atoms with Crippen LogP contribution in [0.15, 0.2) is 59.0 Å². The first-order valence-corrected chi connectivity index (χ1v) is 15.1. The molecule has 0 saturated carbocycles. The van der Waals surface area contributed by atoms with Crippen molar-refractivity contribution in [2.24, 2.45) is 0 Å². The van der Waals surface area contributed by atoms with Crippen LogP contribution in [0.3, 0.4) is 0 Å². The molecule has 0 aliphatic carbocycles. The van der Waals surface area contributed by atoms with Crippen LogP contribution in [0.4, 0.5) is 5.69 Å². The van der Waals surface area contributed by atoms with Crippen LogP contribution in [0, 0.1) is 0 Å². The largest absolute Gasteiger partial charge is 0.494 e. The molecule has 0 fully saturated rings. The number of benzene rings is 2. The summed E-state index contributed by atoms with van der Waals surface area (Å²) in [6.07, 6.45) is 9.81. The Kier molecular flexibility index (Phi) is 15.6. The number of anilines is 1. The third-order valence-corrected chi connectivity index (χ3v) is 6.80. The fraction of sp³-hybridized carbons (Fsp3) is 0.441. The fourth-order valence-electron chi connectivity index (χ4n) is 4.49. The molecule has 0 spiro atoms. The number of carboxylic acid groups (broad SMARTS) is 2. The minimum absolute atomic E-state index is 0.0329. The summed E-state index contributed by atoms with van der Waals surface area (Å²) in [7, 11) is 0. The van der Waals surface area contributed by atoms with Gasteiger partial charge < -0.3 is 30.0 Å². The number of hydrogen-bond acceptors (Lipinski definition) is 7. The van der Waals surface area contributed by atoms with Crippen LogP contribution in [0.25, 0.3) is 11.0 Å². The van der Waals surface area contributed by atoms with E-state index < -0.39 is 11.9 Å². The van der Waals surface area contributed by atoms with Crippen molar-refractivity contribution in [3.8, 4) is 5.75 Å². The van der Waals surface area contributed by atoms with Gasteiger partial charge in [-0.2, -0.15) is 0 Å². The molecule has 3 aromatic rings. The highest BCUT2D eigenvalue weighted by atomic mass is 16.5. The molecule has 9 nitrogen and oxygen atoms in total. The number of nitrogens with two attached hydrogens (primary N) is 1. The van der Waals surface area contributed by atoms with Gasteiger partial charge in [0.05, 0.1) is 12.2 Å². The number of hydrogen-bond donors (Lipinski definition) is 3. The van der Waals surface area contributed by atoms with Gasteiger partial charge >= 0.3 is 11.9 Å². The minimum Gasteiger partial charge on any atom is -0.494 e. The van der Waals surface area contributed by atoms with Crippen molar-refractivity contribution < 1.29 is 33.8 Å². The predicted octanol–water partition coefficient (Wildman–Crippen LogP) is 6.97. The van der Waals surface area contributed by atoms with Crippen molar-refractivity contribution in [1.82, 2.24) is 4.90 Å². The van der Waals surface area contributed by atoms with Gasteiger partial charge in [-0.3, -0.25) is 4.79 Å². The van der Waals surface area contributed by atoms with Gasteiger partial charge in [-0.1, -0.05) is 40.0 Å². The van der Waals surface area contributed by atoms with E-state index in [0.29, 0.717) is 41.2 Å². The van der Waals surface area contributed by atoms with E-state index in [2.05, 4.69) is 25.7 Å². The standard InChI is InChI=1S/C30H42N2O3.C4H4O4/c1-4-7-11-28-29(26-22-24(31)14-17-27(26)35-28)30(33)23-12-15-25(16-13-23)34-21-10-20-32(18-8-5-2)19-9-6-3;5-3(6)1-2-4(7)8/h12-17,22H,4-11,18-21,31H2,1-3H3;1-2H,(H,5,6)(H,7,8)/b;2-1-. The van der Waals surface area contributed by atoms with E-state index in [1.807, 2.05) is 42.5 Å². The molecule has 0 saturated heterocycles. The third-order valence-electron chi connectivity index (χ3n) is 6.80. The number of rotatable bonds is 18. The van der Waals surface area contributed by atoms with Crippen molar-refractivity contribution in [2.75, 3.05) is 32.0 Å². The summed E-state index contributed by atoms with van der Waals surface area (Å²) in [5.41, 5.74) is 8.61. The van der Waals surface area contributed by atoms with Gasteiger partial charge in [0.15, 0.2) is 5.78 Å². The van der Waals surface area contributed by atoms with Crippen LogP contribution in [0.2, 0.25) is 0 Å². The number of aliphatic carboxylic acids is 2. The lowest BCUT2D eigenvalue weighted by Gasteiger charge is -2.21. The molecule has 1 heterocycles. The van der Waals surface area contributed by atoms with Gasteiger partial charge in [-0.15, -0.1) is 0 Å². The Balaban J connectivity index is 0.000000708. The Bertz CT molecular complexity index is 1300. The summed E-state index contributed by atoms with van der Waals surface area (Å²) >= 11 is 0. The summed E-state index contributed by atoms with van der Waals surface area (Å²) in [6.45, 7) is 10.7. The maximum Gasteiger partial charge on any atom is 0.328 e. The molecule has 2 aromatic carbocycles. The van der Waals surface area contributed by atoms with Gasteiger partial charge in [-0.05, 0) is 81.2 Å². The molecular weight excluding hydrogens is 548 g/mol. The zero-order valence-corrected chi connectivity index (χ0v) is 25.6. The van der Waals surface area contributed by atoms with E-state index in [1.165, 1.54) is 38.8 Å². The van der Waals surface area contributed by atoms with Crippen molar-refractivity contribution >= 4 is 34.4 Å². The van der Waals surface area contributed by atoms with Gasteiger partial charge in [0.1, 0.15) is 17.1 Å². The summed E-state index contributed by atoms with van der Waals surface area (Å²) < 4.78 is 12.0. The van der Waals surface area contributed by atoms with E-state index in [1.54, 1.807) is 0 Å². The highest BCUT2D eigenvalue weighted by Crippen LogP contribution is 2.31. The molecule has 234 valence electrons. The maximum atomic E-state index is 13.5. The summed E-state index contributed by atoms with van der Waals surface area (Å²) in [4.78, 5) is 35.1. The van der Waals surface area contributed by atoms with E-state index in [-0.39, 0.29) is 5.78 Å². The number of carbonyl (C=O) groups excluding carboxylic acids is 1. The van der Waals surface area contributed by atoms with Crippen LogP contribution in [-0.2, 0) is 16.0 Å². The van der Waals surface area contributed by atoms with Crippen molar-refractivity contribution in [1.29, 1.82) is 0 Å². The molecule has 0 bridgehead atoms. The van der Waals surface area contributed by atoms with Crippen molar-refractivity contribution in [3.63, 3.8) is 0 Å². The lowest BCUT2D eigenvalue weighted by atomic mass is 9.98. The van der Waals surface area contributed by atoms with Gasteiger partial charge in [0, 0.05) is 41.8 Å². The first-order valence-electron chi connectivity index (χ1n) is 15.1. The Morgan fingerprint density at radius 3 is 1.98 bits per heavy atom. The molecule has 1 aromatic heterocycles. The second-order valence-electron chi connectivity index (χ2n) is 10.4. The number of aryl methyl sites for hydroxylation is 1. The Morgan fingerprint density at radius 1 is 0.837 bits per heavy atom. The summed E-state index contributed by atoms with van der Waals surface area (Å²) in [6, 6.07) is 13.0. The number of carboxylic acids is 2. The second kappa shape index (κ2) is 19.2. The number of unbranched alkanes of at least 4 members (excludes halogenated alkanes) is 3. The number of nitrogens with zero attached hydrogens (tertiary/aromatic N) is 1. The normalized spacial score (nSPS) is 11.1. The molecule has 0 aliphatic heterocycles. The number of nitrogen functional groups attached to an aromatic ring is 1. The second-order valence-corrected chi connectivity index (χ2v) is 10.4. The number of carbonyl (C=O) groups is 3. The smallest absolute Gasteiger partial charge is 0.328 e. The average Bonchev–Trinajstić information content (AvgIpc) is 3.35. The summed E-state index contributed by atoms with van der Waals surface area (Å²) in [5.74, 6) is -1.01. The zero-order chi connectivity index (χ0) is 31.6. The molecule has 9 heteroatoms. The Morgan fingerprint density at radius 2 is 1.42 bits per heavy atom. The van der Waals surface area contributed by atoms with Gasteiger partial charge in [0.2, 0.25) is 0 Å². The van der Waals surface area contributed by atoms with Gasteiger partial charge in [-0.25, -0.2) is 9.59 Å². The number of ketones is 1. The number of furan rings is 1. The molecule has 0 radical (unpaired) electrons. The van der Waals surface area contributed by atoms with Crippen LogP contribution >= 0.6 is 0 Å². The molecule has 4 N–H and O–H groups in total. The molecule has 0 unspecified atom stereocenters. The molecule has 0 amide bonds. The van der Waals surface area contributed by atoms with Gasteiger partial charge in [0.25, 0.3) is 0 Å². The Labute approximate surface area is 254 Å². The fourth-order valence-corrected chi connectivity index (χ4v) is 4.49. The van der Waals surface area contributed by atoms with E-state index in [0.717, 1.165) is 49.1 Å². The first-order chi connectivity index (χ1) is 20.7. The highest BCUT2D eigenvalue weighted by Gasteiger charge is 2.22. The van der Waals surface area contributed by atoms with Crippen LogP contribution in [0.1, 0.15) is 87.4 Å². The quantitative estimate of drug-likeness (QED) is 0.0615.